The molecule has 1 rings (SSSR count). The number of rotatable bonds is 9. The summed E-state index contributed by atoms with van der Waals surface area (Å²) in [4.78, 5) is 3.86. The molecule has 0 aliphatic rings. The lowest BCUT2D eigenvalue weighted by molar-refractivity contribution is 0.174. The Morgan fingerprint density at radius 3 is 2.78 bits per heavy atom. The molecule has 1 heterocycles. The number of ether oxygens (including phenoxy) is 1. The molecular formula is C14H26N2OS. The second-order valence-electron chi connectivity index (χ2n) is 5.00. The number of hydrogen-bond donors (Lipinski definition) is 1. The van der Waals surface area contributed by atoms with Crippen LogP contribution in [0.1, 0.15) is 31.6 Å². The van der Waals surface area contributed by atoms with Gasteiger partial charge in [0.2, 0.25) is 0 Å². The highest BCUT2D eigenvalue weighted by Crippen LogP contribution is 2.14. The lowest BCUT2D eigenvalue weighted by Crippen LogP contribution is -2.40. The van der Waals surface area contributed by atoms with Crippen LogP contribution in [0, 0.1) is 0 Å². The molecule has 2 N–H and O–H groups in total. The first-order valence-corrected chi connectivity index (χ1v) is 7.52. The molecule has 0 radical (unpaired) electrons. The summed E-state index contributed by atoms with van der Waals surface area (Å²) in [5.74, 6) is 0. The minimum absolute atomic E-state index is 0.238. The summed E-state index contributed by atoms with van der Waals surface area (Å²) in [5.41, 5.74) is 6.19. The van der Waals surface area contributed by atoms with E-state index >= 15 is 0 Å². The van der Waals surface area contributed by atoms with Gasteiger partial charge < -0.3 is 10.5 Å². The highest BCUT2D eigenvalue weighted by atomic mass is 32.1. The quantitative estimate of drug-likeness (QED) is 0.701. The Balaban J connectivity index is 2.37. The van der Waals surface area contributed by atoms with Crippen LogP contribution in [0.3, 0.4) is 0 Å². The van der Waals surface area contributed by atoms with E-state index < -0.39 is 0 Å². The molecule has 0 spiro atoms. The monoisotopic (exact) mass is 270 g/mol. The molecule has 0 saturated carbocycles. The van der Waals surface area contributed by atoms with Gasteiger partial charge in [0.05, 0.1) is 0 Å². The third-order valence-electron chi connectivity index (χ3n) is 3.06. The standard InChI is InChI=1S/C14H26N2OS/c1-12(2)16(11-14-7-5-9-18-14)10-13(15)6-4-8-17-3/h5,7,9,12-13H,4,6,8,10-11,15H2,1-3H3. The maximum absolute atomic E-state index is 6.19. The highest BCUT2D eigenvalue weighted by molar-refractivity contribution is 7.09. The summed E-state index contributed by atoms with van der Waals surface area (Å²) < 4.78 is 5.06. The molecule has 1 atom stereocenters. The zero-order valence-corrected chi connectivity index (χ0v) is 12.6. The smallest absolute Gasteiger partial charge is 0.0462 e. The van der Waals surface area contributed by atoms with Crippen LogP contribution >= 0.6 is 11.3 Å². The van der Waals surface area contributed by atoms with Crippen LogP contribution in [0.15, 0.2) is 17.5 Å². The van der Waals surface area contributed by atoms with Crippen molar-refractivity contribution in [1.82, 2.24) is 4.90 Å². The molecule has 0 amide bonds. The number of nitrogens with zero attached hydrogens (tertiary/aromatic N) is 1. The summed E-state index contributed by atoms with van der Waals surface area (Å²) in [6.45, 7) is 7.23. The van der Waals surface area contributed by atoms with Crippen molar-refractivity contribution in [3.63, 3.8) is 0 Å². The van der Waals surface area contributed by atoms with Crippen LogP contribution in [0.5, 0.6) is 0 Å². The van der Waals surface area contributed by atoms with Gasteiger partial charge in [-0.2, -0.15) is 0 Å². The highest BCUT2D eigenvalue weighted by Gasteiger charge is 2.14. The Bertz CT molecular complexity index is 301. The van der Waals surface area contributed by atoms with Crippen molar-refractivity contribution in [3.8, 4) is 0 Å². The molecule has 4 heteroatoms. The Morgan fingerprint density at radius 2 is 2.22 bits per heavy atom. The van der Waals surface area contributed by atoms with Crippen LogP contribution in [-0.2, 0) is 11.3 Å². The minimum atomic E-state index is 0.238. The summed E-state index contributed by atoms with van der Waals surface area (Å²) in [7, 11) is 1.74. The lowest BCUT2D eigenvalue weighted by atomic mass is 10.1. The molecule has 0 fully saturated rings. The summed E-state index contributed by atoms with van der Waals surface area (Å²) in [6.07, 6.45) is 2.07. The molecule has 18 heavy (non-hydrogen) atoms. The average Bonchev–Trinajstić information content (AvgIpc) is 2.81. The molecular weight excluding hydrogens is 244 g/mol. The molecule has 1 aromatic heterocycles. The van der Waals surface area contributed by atoms with Crippen molar-refractivity contribution in [3.05, 3.63) is 22.4 Å². The Morgan fingerprint density at radius 1 is 1.44 bits per heavy atom. The van der Waals surface area contributed by atoms with Crippen molar-refractivity contribution < 1.29 is 4.74 Å². The number of methoxy groups -OCH3 is 1. The van der Waals surface area contributed by atoms with Crippen molar-refractivity contribution in [2.24, 2.45) is 5.73 Å². The van der Waals surface area contributed by atoms with Crippen LogP contribution in [0.25, 0.3) is 0 Å². The summed E-state index contributed by atoms with van der Waals surface area (Å²) >= 11 is 1.81. The molecule has 0 bridgehead atoms. The van der Waals surface area contributed by atoms with Crippen molar-refractivity contribution in [1.29, 1.82) is 0 Å². The second kappa shape index (κ2) is 8.64. The summed E-state index contributed by atoms with van der Waals surface area (Å²) in [5, 5.41) is 2.13. The zero-order valence-electron chi connectivity index (χ0n) is 11.8. The van der Waals surface area contributed by atoms with E-state index in [4.69, 9.17) is 10.5 Å². The molecule has 0 aromatic carbocycles. The predicted octanol–water partition coefficient (Wildman–Crippen LogP) is 2.71. The Labute approximate surface area is 115 Å². The van der Waals surface area contributed by atoms with Crippen molar-refractivity contribution >= 4 is 11.3 Å². The Kier molecular flexibility index (Phi) is 7.51. The van der Waals surface area contributed by atoms with E-state index in [1.807, 2.05) is 11.3 Å². The van der Waals surface area contributed by atoms with Crippen LogP contribution in [0.2, 0.25) is 0 Å². The number of nitrogens with two attached hydrogens (primary N) is 1. The lowest BCUT2D eigenvalue weighted by Gasteiger charge is -2.28. The van der Waals surface area contributed by atoms with Crippen LogP contribution in [-0.4, -0.2) is 37.2 Å². The van der Waals surface area contributed by atoms with E-state index in [1.165, 1.54) is 4.88 Å². The van der Waals surface area contributed by atoms with E-state index in [0.29, 0.717) is 6.04 Å². The van der Waals surface area contributed by atoms with Gasteiger partial charge in [0.25, 0.3) is 0 Å². The number of thiophene rings is 1. The third-order valence-corrected chi connectivity index (χ3v) is 3.92. The van der Waals surface area contributed by atoms with Gasteiger partial charge in [-0.3, -0.25) is 4.90 Å². The SMILES string of the molecule is COCCCC(N)CN(Cc1cccs1)C(C)C. The first-order chi connectivity index (χ1) is 8.63. The average molecular weight is 270 g/mol. The fraction of sp³-hybridized carbons (Fsp3) is 0.714. The molecule has 0 saturated heterocycles. The maximum atomic E-state index is 6.19. The maximum Gasteiger partial charge on any atom is 0.0462 e. The van der Waals surface area contributed by atoms with Crippen molar-refractivity contribution in [2.45, 2.75) is 45.3 Å². The fourth-order valence-corrected chi connectivity index (χ4v) is 2.67. The Hall–Kier alpha value is -0.420. The molecule has 0 aliphatic carbocycles. The van der Waals surface area contributed by atoms with E-state index in [-0.39, 0.29) is 6.04 Å². The topological polar surface area (TPSA) is 38.5 Å². The normalized spacial score (nSPS) is 13.4. The van der Waals surface area contributed by atoms with Gasteiger partial charge in [0.15, 0.2) is 0 Å². The van der Waals surface area contributed by atoms with Crippen molar-refractivity contribution in [2.75, 3.05) is 20.3 Å². The molecule has 104 valence electrons. The van der Waals surface area contributed by atoms with Gasteiger partial charge in [-0.25, -0.2) is 0 Å². The van der Waals surface area contributed by atoms with Crippen LogP contribution < -0.4 is 5.73 Å². The van der Waals surface area contributed by atoms with E-state index in [1.54, 1.807) is 7.11 Å². The van der Waals surface area contributed by atoms with Gasteiger partial charge in [-0.1, -0.05) is 6.07 Å². The first-order valence-electron chi connectivity index (χ1n) is 6.64. The van der Waals surface area contributed by atoms with Gasteiger partial charge in [-0.05, 0) is 38.1 Å². The molecule has 1 aromatic rings. The van der Waals surface area contributed by atoms with E-state index in [0.717, 1.165) is 32.5 Å². The zero-order chi connectivity index (χ0) is 13.4. The number of hydrogen-bond acceptors (Lipinski definition) is 4. The van der Waals surface area contributed by atoms with Gasteiger partial charge in [0, 0.05) is 43.8 Å². The minimum Gasteiger partial charge on any atom is -0.385 e. The summed E-state index contributed by atoms with van der Waals surface area (Å²) in [6, 6.07) is 5.07. The van der Waals surface area contributed by atoms with Gasteiger partial charge in [-0.15, -0.1) is 11.3 Å². The van der Waals surface area contributed by atoms with Gasteiger partial charge in [0.1, 0.15) is 0 Å². The molecule has 0 aliphatic heterocycles. The van der Waals surface area contributed by atoms with Crippen LogP contribution in [0.4, 0.5) is 0 Å². The predicted molar refractivity (Wildman–Crippen MR) is 79.0 cm³/mol. The van der Waals surface area contributed by atoms with Gasteiger partial charge >= 0.3 is 0 Å². The first kappa shape index (κ1) is 15.6. The molecule has 3 nitrogen and oxygen atoms in total. The van der Waals surface area contributed by atoms with E-state index in [2.05, 4.69) is 36.3 Å². The second-order valence-corrected chi connectivity index (χ2v) is 6.03. The van der Waals surface area contributed by atoms with E-state index in [9.17, 15) is 0 Å². The fourth-order valence-electron chi connectivity index (χ4n) is 1.94. The molecule has 1 unspecified atom stereocenters. The third kappa shape index (κ3) is 5.96. The largest absolute Gasteiger partial charge is 0.385 e.